The first-order valence-electron chi connectivity index (χ1n) is 8.28. The third kappa shape index (κ3) is 3.09. The molecule has 0 fully saturated rings. The van der Waals surface area contributed by atoms with Gasteiger partial charge < -0.3 is 0 Å². The third-order valence-electron chi connectivity index (χ3n) is 3.94. The van der Waals surface area contributed by atoms with Gasteiger partial charge in [-0.1, -0.05) is 36.4 Å². The molecule has 3 rings (SSSR count). The van der Waals surface area contributed by atoms with Crippen molar-refractivity contribution in [3.8, 4) is 5.69 Å². The van der Waals surface area contributed by atoms with Crippen molar-refractivity contribution in [1.82, 2.24) is 14.0 Å². The second-order valence-corrected chi connectivity index (χ2v) is 5.86. The number of amides is 2. The van der Waals surface area contributed by atoms with Gasteiger partial charge in [-0.25, -0.2) is 9.59 Å². The summed E-state index contributed by atoms with van der Waals surface area (Å²) in [5.41, 5.74) is -1.81. The Kier molecular flexibility index (Phi) is 4.90. The number of hydrogen-bond acceptors (Lipinski definition) is 5. The third-order valence-corrected chi connectivity index (χ3v) is 3.94. The van der Waals surface area contributed by atoms with Crippen molar-refractivity contribution in [3.05, 3.63) is 87.2 Å². The van der Waals surface area contributed by atoms with Gasteiger partial charge in [-0.05, 0) is 24.3 Å². The van der Waals surface area contributed by atoms with Gasteiger partial charge >= 0.3 is 11.4 Å². The van der Waals surface area contributed by atoms with Gasteiger partial charge in [0.05, 0.1) is 5.69 Å². The Morgan fingerprint density at radius 1 is 0.786 bits per heavy atom. The van der Waals surface area contributed by atoms with Crippen LogP contribution in [0.15, 0.2) is 70.3 Å². The van der Waals surface area contributed by atoms with Crippen molar-refractivity contribution >= 4 is 17.7 Å². The van der Waals surface area contributed by atoms with Crippen molar-refractivity contribution in [2.24, 2.45) is 0 Å². The Bertz CT molecular complexity index is 1170. The molecular weight excluding hydrogens is 364 g/mol. The van der Waals surface area contributed by atoms with Gasteiger partial charge in [0.2, 0.25) is 11.8 Å². The molecule has 0 saturated carbocycles. The maximum Gasteiger partial charge on any atom is 0.374 e. The normalized spacial score (nSPS) is 10.5. The minimum atomic E-state index is -1.12. The Morgan fingerprint density at radius 3 is 1.82 bits per heavy atom. The van der Waals surface area contributed by atoms with Gasteiger partial charge in [0.1, 0.15) is 0 Å². The van der Waals surface area contributed by atoms with Crippen LogP contribution in [0.5, 0.6) is 0 Å². The highest BCUT2D eigenvalue weighted by Crippen LogP contribution is 2.06. The minimum absolute atomic E-state index is 0.103. The van der Waals surface area contributed by atoms with E-state index in [4.69, 9.17) is 0 Å². The first-order valence-corrected chi connectivity index (χ1v) is 8.28. The lowest BCUT2D eigenvalue weighted by molar-refractivity contribution is -0.117. The highest BCUT2D eigenvalue weighted by atomic mass is 16.2. The van der Waals surface area contributed by atoms with Crippen LogP contribution in [0.4, 0.5) is 0 Å². The lowest BCUT2D eigenvalue weighted by atomic mass is 10.2. The number of aromatic nitrogens is 3. The molecule has 2 amide bonds. The molecule has 1 aromatic heterocycles. The van der Waals surface area contributed by atoms with Gasteiger partial charge in [-0.2, -0.15) is 14.4 Å². The smallest absolute Gasteiger partial charge is 0.273 e. The zero-order chi connectivity index (χ0) is 20.4. The molecule has 2 aromatic carbocycles. The zero-order valence-electron chi connectivity index (χ0n) is 15.1. The summed E-state index contributed by atoms with van der Waals surface area (Å²) in [6.45, 7) is 2.15. The van der Waals surface area contributed by atoms with Crippen LogP contribution in [-0.2, 0) is 4.79 Å². The molecule has 142 valence electrons. The van der Waals surface area contributed by atoms with E-state index >= 15 is 0 Å². The molecule has 9 nitrogen and oxygen atoms in total. The number of carbonyl (C=O) groups is 3. The average Bonchev–Trinajstić information content (AvgIpc) is 2.94. The van der Waals surface area contributed by atoms with Crippen LogP contribution >= 0.6 is 0 Å². The Labute approximate surface area is 158 Å². The van der Waals surface area contributed by atoms with Crippen molar-refractivity contribution in [3.63, 3.8) is 0 Å². The van der Waals surface area contributed by atoms with Crippen LogP contribution in [0.3, 0.4) is 0 Å². The number of nitrogens with zero attached hydrogens (tertiary/aromatic N) is 4. The van der Waals surface area contributed by atoms with Crippen LogP contribution in [0.2, 0.25) is 0 Å². The standard InChI is InChI=1S/C19H16N4O5/c1-13(24)20(17(26)15-9-5-3-6-10-15)23-18(27)21(14(2)25)22(19(23)28)16-11-7-4-8-12-16/h3-12H,1-2H3. The highest BCUT2D eigenvalue weighted by molar-refractivity contribution is 6.15. The monoisotopic (exact) mass is 380 g/mol. The van der Waals surface area contributed by atoms with Crippen LogP contribution in [0, 0.1) is 0 Å². The molecular formula is C19H16N4O5. The fourth-order valence-corrected chi connectivity index (χ4v) is 2.75. The molecule has 0 aliphatic rings. The number of carbonyl (C=O) groups excluding carboxylic acids is 3. The number of benzene rings is 2. The summed E-state index contributed by atoms with van der Waals surface area (Å²) in [5, 5.41) is 0.429. The molecule has 0 N–H and O–H groups in total. The van der Waals surface area contributed by atoms with Gasteiger partial charge in [0.25, 0.3) is 5.91 Å². The van der Waals surface area contributed by atoms with E-state index in [1.54, 1.807) is 36.4 Å². The highest BCUT2D eigenvalue weighted by Gasteiger charge is 2.30. The first kappa shape index (κ1) is 18.8. The molecule has 28 heavy (non-hydrogen) atoms. The fraction of sp³-hybridized carbons (Fsp3) is 0.105. The van der Waals surface area contributed by atoms with Crippen molar-refractivity contribution in [2.45, 2.75) is 13.8 Å². The Hall–Kier alpha value is -4.01. The van der Waals surface area contributed by atoms with E-state index in [2.05, 4.69) is 0 Å². The topological polar surface area (TPSA) is 103 Å². The van der Waals surface area contributed by atoms with E-state index < -0.39 is 29.1 Å². The SMILES string of the molecule is CC(=O)N(C(=O)c1ccccc1)n1c(=O)n(C(C)=O)n(-c2ccccc2)c1=O. The van der Waals surface area contributed by atoms with Gasteiger partial charge in [0, 0.05) is 19.4 Å². The summed E-state index contributed by atoms with van der Waals surface area (Å²) >= 11 is 0. The predicted molar refractivity (Wildman–Crippen MR) is 100 cm³/mol. The van der Waals surface area contributed by atoms with Gasteiger partial charge in [-0.15, -0.1) is 4.68 Å². The largest absolute Gasteiger partial charge is 0.374 e. The second kappa shape index (κ2) is 7.31. The average molecular weight is 380 g/mol. The molecule has 0 aliphatic carbocycles. The predicted octanol–water partition coefficient (Wildman–Crippen LogP) is 0.786. The molecule has 0 bridgehead atoms. The summed E-state index contributed by atoms with van der Waals surface area (Å²) in [6.07, 6.45) is 0. The van der Waals surface area contributed by atoms with E-state index in [-0.39, 0.29) is 11.3 Å². The van der Waals surface area contributed by atoms with Gasteiger partial charge in [-0.3, -0.25) is 14.4 Å². The molecule has 0 saturated heterocycles. The van der Waals surface area contributed by atoms with Crippen LogP contribution in [0.1, 0.15) is 29.0 Å². The van der Waals surface area contributed by atoms with E-state index in [9.17, 15) is 24.0 Å². The van der Waals surface area contributed by atoms with E-state index in [1.165, 1.54) is 24.3 Å². The van der Waals surface area contributed by atoms with Crippen LogP contribution in [-0.4, -0.2) is 31.8 Å². The first-order chi connectivity index (χ1) is 13.3. The quantitative estimate of drug-likeness (QED) is 0.668. The lowest BCUT2D eigenvalue weighted by Crippen LogP contribution is -2.53. The molecule has 0 atom stereocenters. The Balaban J connectivity index is 2.30. The second-order valence-electron chi connectivity index (χ2n) is 5.86. The molecule has 0 radical (unpaired) electrons. The summed E-state index contributed by atoms with van der Waals surface area (Å²) in [4.78, 5) is 62.9. The number of para-hydroxylation sites is 1. The minimum Gasteiger partial charge on any atom is -0.273 e. The molecule has 0 spiro atoms. The zero-order valence-corrected chi connectivity index (χ0v) is 15.1. The molecule has 9 heteroatoms. The van der Waals surface area contributed by atoms with E-state index in [0.29, 0.717) is 14.4 Å². The fourth-order valence-electron chi connectivity index (χ4n) is 2.75. The van der Waals surface area contributed by atoms with E-state index in [1.807, 2.05) is 0 Å². The maximum absolute atomic E-state index is 13.0. The van der Waals surface area contributed by atoms with Crippen molar-refractivity contribution < 1.29 is 14.4 Å². The summed E-state index contributed by atoms with van der Waals surface area (Å²) in [5.74, 6) is -2.47. The summed E-state index contributed by atoms with van der Waals surface area (Å²) < 4.78 is 1.76. The van der Waals surface area contributed by atoms with E-state index in [0.717, 1.165) is 18.5 Å². The molecule has 1 heterocycles. The molecule has 0 aliphatic heterocycles. The molecule has 3 aromatic rings. The van der Waals surface area contributed by atoms with Crippen LogP contribution in [0.25, 0.3) is 5.69 Å². The summed E-state index contributed by atoms with van der Waals surface area (Å²) in [6, 6.07) is 15.7. The lowest BCUT2D eigenvalue weighted by Gasteiger charge is -2.17. The number of imide groups is 1. The number of hydrogen-bond donors (Lipinski definition) is 0. The summed E-state index contributed by atoms with van der Waals surface area (Å²) in [7, 11) is 0. The number of rotatable bonds is 3. The van der Waals surface area contributed by atoms with Crippen LogP contribution < -0.4 is 16.4 Å². The van der Waals surface area contributed by atoms with Gasteiger partial charge in [0.15, 0.2) is 0 Å². The Morgan fingerprint density at radius 2 is 1.32 bits per heavy atom. The van der Waals surface area contributed by atoms with Crippen molar-refractivity contribution in [1.29, 1.82) is 0 Å². The molecule has 0 unspecified atom stereocenters. The van der Waals surface area contributed by atoms with Crippen molar-refractivity contribution in [2.75, 3.05) is 5.01 Å². The maximum atomic E-state index is 13.0.